The average Bonchev–Trinajstić information content (AvgIpc) is 2.23. The van der Waals surface area contributed by atoms with Gasteiger partial charge in [-0.25, -0.2) is 0 Å². The normalized spacial score (nSPS) is 19.8. The molecule has 15 heavy (non-hydrogen) atoms. The molecular formula is C11H11NO3. The number of rotatable bonds is 1. The van der Waals surface area contributed by atoms with Gasteiger partial charge in [0.2, 0.25) is 0 Å². The molecule has 1 unspecified atom stereocenters. The van der Waals surface area contributed by atoms with E-state index < -0.39 is 4.92 Å². The Hall–Kier alpha value is -1.71. The fourth-order valence-corrected chi connectivity index (χ4v) is 1.89. The summed E-state index contributed by atoms with van der Waals surface area (Å²) >= 11 is 0. The van der Waals surface area contributed by atoms with E-state index in [0.717, 1.165) is 18.4 Å². The predicted molar refractivity (Wildman–Crippen MR) is 54.9 cm³/mol. The van der Waals surface area contributed by atoms with E-state index in [4.69, 9.17) is 0 Å². The standard InChI is InChI=1S/C11H11NO3/c1-7-2-3-8-4-5-9(12(14)15)6-10(8)11(7)13/h4-7H,2-3H2,1H3. The number of nitro groups is 1. The Labute approximate surface area is 87.1 Å². The lowest BCUT2D eigenvalue weighted by molar-refractivity contribution is -0.384. The molecule has 0 spiro atoms. The zero-order valence-corrected chi connectivity index (χ0v) is 8.40. The van der Waals surface area contributed by atoms with Gasteiger partial charge in [0.1, 0.15) is 0 Å². The van der Waals surface area contributed by atoms with Gasteiger partial charge in [0.25, 0.3) is 5.69 Å². The van der Waals surface area contributed by atoms with Crippen LogP contribution in [0, 0.1) is 16.0 Å². The summed E-state index contributed by atoms with van der Waals surface area (Å²) in [5.74, 6) is 0.0134. The third-order valence-electron chi connectivity index (χ3n) is 2.86. The number of Topliss-reactive ketones (excluding diaryl/α,β-unsaturated/α-hetero) is 1. The molecule has 0 bridgehead atoms. The molecule has 1 aliphatic rings. The summed E-state index contributed by atoms with van der Waals surface area (Å²) in [6.07, 6.45) is 1.67. The van der Waals surface area contributed by atoms with E-state index in [9.17, 15) is 14.9 Å². The zero-order valence-electron chi connectivity index (χ0n) is 8.40. The van der Waals surface area contributed by atoms with E-state index in [1.807, 2.05) is 6.92 Å². The van der Waals surface area contributed by atoms with Gasteiger partial charge in [0, 0.05) is 23.6 Å². The molecule has 0 radical (unpaired) electrons. The Balaban J connectivity index is 2.50. The quantitative estimate of drug-likeness (QED) is 0.522. The molecule has 0 N–H and O–H groups in total. The minimum atomic E-state index is -0.465. The molecule has 2 rings (SSSR count). The summed E-state index contributed by atoms with van der Waals surface area (Å²) < 4.78 is 0. The largest absolute Gasteiger partial charge is 0.294 e. The number of nitrogens with zero attached hydrogens (tertiary/aromatic N) is 1. The van der Waals surface area contributed by atoms with Crippen molar-refractivity contribution < 1.29 is 9.72 Å². The maximum absolute atomic E-state index is 11.8. The first kappa shape index (κ1) is 9.83. The van der Waals surface area contributed by atoms with E-state index in [0.29, 0.717) is 5.56 Å². The van der Waals surface area contributed by atoms with Crippen LogP contribution in [0.3, 0.4) is 0 Å². The summed E-state index contributed by atoms with van der Waals surface area (Å²) in [4.78, 5) is 21.9. The summed E-state index contributed by atoms with van der Waals surface area (Å²) in [5.41, 5.74) is 1.46. The van der Waals surface area contributed by atoms with Crippen molar-refractivity contribution in [3.63, 3.8) is 0 Å². The van der Waals surface area contributed by atoms with Crippen LogP contribution < -0.4 is 0 Å². The van der Waals surface area contributed by atoms with E-state index in [1.165, 1.54) is 12.1 Å². The maximum atomic E-state index is 11.8. The first-order chi connectivity index (χ1) is 7.09. The van der Waals surface area contributed by atoms with Crippen molar-refractivity contribution >= 4 is 11.5 Å². The van der Waals surface area contributed by atoms with Gasteiger partial charge < -0.3 is 0 Å². The SMILES string of the molecule is CC1CCc2ccc([N+](=O)[O-])cc2C1=O. The predicted octanol–water partition coefficient (Wildman–Crippen LogP) is 2.36. The molecule has 78 valence electrons. The number of carbonyl (C=O) groups excluding carboxylic acids is 1. The lowest BCUT2D eigenvalue weighted by atomic mass is 9.84. The number of benzene rings is 1. The van der Waals surface area contributed by atoms with Crippen LogP contribution in [0.2, 0.25) is 0 Å². The first-order valence-electron chi connectivity index (χ1n) is 4.91. The number of carbonyl (C=O) groups is 1. The second-order valence-electron chi connectivity index (χ2n) is 3.90. The number of hydrogen-bond acceptors (Lipinski definition) is 3. The van der Waals surface area contributed by atoms with E-state index >= 15 is 0 Å². The molecule has 0 heterocycles. The van der Waals surface area contributed by atoms with E-state index in [-0.39, 0.29) is 17.4 Å². The first-order valence-corrected chi connectivity index (χ1v) is 4.91. The second-order valence-corrected chi connectivity index (χ2v) is 3.90. The molecule has 4 nitrogen and oxygen atoms in total. The van der Waals surface area contributed by atoms with Crippen molar-refractivity contribution in [3.05, 3.63) is 39.4 Å². The van der Waals surface area contributed by atoms with Crippen LogP contribution in [0.5, 0.6) is 0 Å². The molecule has 1 aromatic carbocycles. The molecule has 1 atom stereocenters. The van der Waals surface area contributed by atoms with Crippen LogP contribution in [-0.4, -0.2) is 10.7 Å². The molecule has 0 saturated heterocycles. The Bertz CT molecular complexity index is 439. The molecular weight excluding hydrogens is 194 g/mol. The van der Waals surface area contributed by atoms with Gasteiger partial charge in [-0.2, -0.15) is 0 Å². The van der Waals surface area contributed by atoms with Gasteiger partial charge in [0.15, 0.2) is 5.78 Å². The highest BCUT2D eigenvalue weighted by Gasteiger charge is 2.25. The minimum absolute atomic E-state index is 0.00352. The number of hydrogen-bond donors (Lipinski definition) is 0. The highest BCUT2D eigenvalue weighted by Crippen LogP contribution is 2.28. The van der Waals surface area contributed by atoms with Crippen LogP contribution in [-0.2, 0) is 6.42 Å². The monoisotopic (exact) mass is 205 g/mol. The van der Waals surface area contributed by atoms with Gasteiger partial charge in [0.05, 0.1) is 4.92 Å². The molecule has 0 saturated carbocycles. The van der Waals surface area contributed by atoms with E-state index in [2.05, 4.69) is 0 Å². The fourth-order valence-electron chi connectivity index (χ4n) is 1.89. The Morgan fingerprint density at radius 3 is 2.87 bits per heavy atom. The number of fused-ring (bicyclic) bond motifs is 1. The zero-order chi connectivity index (χ0) is 11.0. The molecule has 0 aromatic heterocycles. The smallest absolute Gasteiger partial charge is 0.270 e. The van der Waals surface area contributed by atoms with Crippen LogP contribution in [0.1, 0.15) is 29.3 Å². The number of aryl methyl sites for hydroxylation is 1. The molecule has 4 heteroatoms. The van der Waals surface area contributed by atoms with Gasteiger partial charge in [-0.15, -0.1) is 0 Å². The van der Waals surface area contributed by atoms with E-state index in [1.54, 1.807) is 6.07 Å². The number of non-ortho nitro benzene ring substituents is 1. The van der Waals surface area contributed by atoms with Gasteiger partial charge in [-0.1, -0.05) is 13.0 Å². The van der Waals surface area contributed by atoms with Crippen LogP contribution in [0.15, 0.2) is 18.2 Å². The topological polar surface area (TPSA) is 60.2 Å². The molecule has 1 aromatic rings. The van der Waals surface area contributed by atoms with Crippen molar-refractivity contribution in [2.24, 2.45) is 5.92 Å². The van der Waals surface area contributed by atoms with Crippen LogP contribution in [0.4, 0.5) is 5.69 Å². The van der Waals surface area contributed by atoms with Gasteiger partial charge >= 0.3 is 0 Å². The van der Waals surface area contributed by atoms with Crippen LogP contribution >= 0.6 is 0 Å². The summed E-state index contributed by atoms with van der Waals surface area (Å²) in [5, 5.41) is 10.6. The van der Waals surface area contributed by atoms with Crippen LogP contribution in [0.25, 0.3) is 0 Å². The Morgan fingerprint density at radius 2 is 2.20 bits per heavy atom. The van der Waals surface area contributed by atoms with Crippen molar-refractivity contribution in [2.45, 2.75) is 19.8 Å². The summed E-state index contributed by atoms with van der Waals surface area (Å²) in [6, 6.07) is 4.55. The molecule has 0 amide bonds. The van der Waals surface area contributed by atoms with Gasteiger partial charge in [-0.05, 0) is 18.4 Å². The third kappa shape index (κ3) is 1.63. The molecule has 1 aliphatic carbocycles. The second kappa shape index (κ2) is 3.46. The highest BCUT2D eigenvalue weighted by atomic mass is 16.6. The summed E-state index contributed by atoms with van der Waals surface area (Å²) in [7, 11) is 0. The fraction of sp³-hybridized carbons (Fsp3) is 0.364. The molecule has 0 aliphatic heterocycles. The Kier molecular flexibility index (Phi) is 2.26. The third-order valence-corrected chi connectivity index (χ3v) is 2.86. The van der Waals surface area contributed by atoms with Crippen molar-refractivity contribution in [1.82, 2.24) is 0 Å². The van der Waals surface area contributed by atoms with Crippen molar-refractivity contribution in [2.75, 3.05) is 0 Å². The summed E-state index contributed by atoms with van der Waals surface area (Å²) in [6.45, 7) is 1.87. The van der Waals surface area contributed by atoms with Crippen molar-refractivity contribution in [1.29, 1.82) is 0 Å². The average molecular weight is 205 g/mol. The lowest BCUT2D eigenvalue weighted by Gasteiger charge is -2.19. The van der Waals surface area contributed by atoms with Gasteiger partial charge in [-0.3, -0.25) is 14.9 Å². The lowest BCUT2D eigenvalue weighted by Crippen LogP contribution is -2.20. The molecule has 0 fully saturated rings. The number of ketones is 1. The minimum Gasteiger partial charge on any atom is -0.294 e. The van der Waals surface area contributed by atoms with Crippen molar-refractivity contribution in [3.8, 4) is 0 Å². The maximum Gasteiger partial charge on any atom is 0.270 e. The number of nitro benzene ring substituents is 1. The highest BCUT2D eigenvalue weighted by molar-refractivity contribution is 6.00. The Morgan fingerprint density at radius 1 is 1.47 bits per heavy atom.